The number of fused-ring (bicyclic) bond motifs is 1. The molecule has 1 heterocycles. The Kier molecular flexibility index (Phi) is 3.30. The molecule has 1 aliphatic rings. The third kappa shape index (κ3) is 2.22. The molecule has 0 spiro atoms. The number of carbonyl (C=O) groups is 1. The molecule has 2 aromatic rings. The van der Waals surface area contributed by atoms with Crippen LogP contribution in [0.2, 0.25) is 0 Å². The number of carbonyl (C=O) groups excluding carboxylic acids is 1. The normalized spacial score (nSPS) is 15.7. The average molecular weight is 271 g/mol. The fraction of sp³-hybridized carbons (Fsp3) is 0.375. The molecule has 104 valence electrons. The van der Waals surface area contributed by atoms with Crippen molar-refractivity contribution in [2.24, 2.45) is 0 Å². The first-order chi connectivity index (χ1) is 9.66. The quantitative estimate of drug-likeness (QED) is 0.844. The monoisotopic (exact) mass is 271 g/mol. The van der Waals surface area contributed by atoms with Crippen molar-refractivity contribution in [2.45, 2.75) is 31.7 Å². The lowest BCUT2D eigenvalue weighted by molar-refractivity contribution is 0.0703. The zero-order valence-electron chi connectivity index (χ0n) is 11.5. The number of benzene rings is 1. The first-order valence-electron chi connectivity index (χ1n) is 6.97. The standard InChI is InChI=1S/C16H17NO3/c1-17(11-6-2-3-7-11)16(19)15-10-13(18)12-8-4-5-9-14(12)20-15/h4-5,8-11H,2-3,6-7H2,1H3. The van der Waals surface area contributed by atoms with Crippen LogP contribution in [-0.2, 0) is 0 Å². The van der Waals surface area contributed by atoms with Crippen molar-refractivity contribution < 1.29 is 9.21 Å². The summed E-state index contributed by atoms with van der Waals surface area (Å²) in [5.74, 6) is -0.0807. The third-order valence-electron chi connectivity index (χ3n) is 4.04. The van der Waals surface area contributed by atoms with E-state index in [1.807, 2.05) is 0 Å². The van der Waals surface area contributed by atoms with E-state index in [1.54, 1.807) is 36.2 Å². The van der Waals surface area contributed by atoms with Crippen LogP contribution < -0.4 is 5.43 Å². The van der Waals surface area contributed by atoms with Gasteiger partial charge in [-0.3, -0.25) is 9.59 Å². The second-order valence-corrected chi connectivity index (χ2v) is 5.33. The number of hydrogen-bond donors (Lipinski definition) is 0. The van der Waals surface area contributed by atoms with Gasteiger partial charge < -0.3 is 9.32 Å². The minimum absolute atomic E-state index is 0.128. The maximum Gasteiger partial charge on any atom is 0.289 e. The summed E-state index contributed by atoms with van der Waals surface area (Å²) in [7, 11) is 1.79. The molecule has 1 aromatic heterocycles. The van der Waals surface area contributed by atoms with Crippen molar-refractivity contribution in [2.75, 3.05) is 7.05 Å². The molecule has 0 radical (unpaired) electrons. The number of rotatable bonds is 2. The van der Waals surface area contributed by atoms with Gasteiger partial charge >= 0.3 is 0 Å². The summed E-state index contributed by atoms with van der Waals surface area (Å²) >= 11 is 0. The number of amides is 1. The van der Waals surface area contributed by atoms with Gasteiger partial charge in [0.05, 0.1) is 5.39 Å². The van der Waals surface area contributed by atoms with Gasteiger partial charge in [-0.2, -0.15) is 0 Å². The molecule has 4 nitrogen and oxygen atoms in total. The van der Waals surface area contributed by atoms with Crippen LogP contribution in [0, 0.1) is 0 Å². The molecular weight excluding hydrogens is 254 g/mol. The van der Waals surface area contributed by atoms with E-state index in [1.165, 1.54) is 6.07 Å². The Balaban J connectivity index is 1.97. The van der Waals surface area contributed by atoms with Crippen molar-refractivity contribution in [1.82, 2.24) is 4.90 Å². The van der Waals surface area contributed by atoms with Crippen LogP contribution in [0.25, 0.3) is 11.0 Å². The summed E-state index contributed by atoms with van der Waals surface area (Å²) in [4.78, 5) is 26.1. The molecule has 0 bridgehead atoms. The van der Waals surface area contributed by atoms with Crippen molar-refractivity contribution in [3.63, 3.8) is 0 Å². The average Bonchev–Trinajstić information content (AvgIpc) is 3.00. The summed E-state index contributed by atoms with van der Waals surface area (Å²) in [5.41, 5.74) is 0.290. The molecule has 4 heteroatoms. The summed E-state index contributed by atoms with van der Waals surface area (Å²) < 4.78 is 5.59. The van der Waals surface area contributed by atoms with E-state index in [9.17, 15) is 9.59 Å². The molecule has 20 heavy (non-hydrogen) atoms. The second kappa shape index (κ2) is 5.12. The SMILES string of the molecule is CN(C(=O)c1cc(=O)c2ccccc2o1)C1CCCC1. The Labute approximate surface area is 117 Å². The molecular formula is C16H17NO3. The topological polar surface area (TPSA) is 50.5 Å². The molecule has 1 aromatic carbocycles. The van der Waals surface area contributed by atoms with Gasteiger partial charge in [-0.1, -0.05) is 25.0 Å². The molecule has 0 atom stereocenters. The third-order valence-corrected chi connectivity index (χ3v) is 4.04. The minimum atomic E-state index is -0.209. The Bertz CT molecular complexity index is 698. The molecule has 0 saturated heterocycles. The van der Waals surface area contributed by atoms with Crippen LogP contribution in [-0.4, -0.2) is 23.9 Å². The summed E-state index contributed by atoms with van der Waals surface area (Å²) in [6.45, 7) is 0. The zero-order chi connectivity index (χ0) is 14.1. The number of para-hydroxylation sites is 1. The lowest BCUT2D eigenvalue weighted by Gasteiger charge is -2.23. The van der Waals surface area contributed by atoms with Gasteiger partial charge in [0, 0.05) is 19.2 Å². The van der Waals surface area contributed by atoms with E-state index in [-0.39, 0.29) is 23.1 Å². The molecule has 0 unspecified atom stereocenters. The summed E-state index contributed by atoms with van der Waals surface area (Å²) in [5, 5.41) is 0.507. The van der Waals surface area contributed by atoms with Crippen LogP contribution in [0.3, 0.4) is 0 Å². The van der Waals surface area contributed by atoms with Gasteiger partial charge in [0.25, 0.3) is 5.91 Å². The van der Waals surface area contributed by atoms with E-state index >= 15 is 0 Å². The predicted molar refractivity (Wildman–Crippen MR) is 76.8 cm³/mol. The maximum absolute atomic E-state index is 12.4. The van der Waals surface area contributed by atoms with Gasteiger partial charge in [-0.15, -0.1) is 0 Å². The van der Waals surface area contributed by atoms with Crippen LogP contribution in [0.15, 0.2) is 39.5 Å². The van der Waals surface area contributed by atoms with Crippen molar-refractivity contribution in [1.29, 1.82) is 0 Å². The molecule has 1 aliphatic carbocycles. The fourth-order valence-electron chi connectivity index (χ4n) is 2.84. The van der Waals surface area contributed by atoms with Crippen LogP contribution in [0.5, 0.6) is 0 Å². The highest BCUT2D eigenvalue weighted by Gasteiger charge is 2.26. The van der Waals surface area contributed by atoms with Crippen LogP contribution in [0.4, 0.5) is 0 Å². The molecule has 1 fully saturated rings. The zero-order valence-corrected chi connectivity index (χ0v) is 11.5. The fourth-order valence-corrected chi connectivity index (χ4v) is 2.84. The highest BCUT2D eigenvalue weighted by atomic mass is 16.3. The highest BCUT2D eigenvalue weighted by molar-refractivity contribution is 5.93. The largest absolute Gasteiger partial charge is 0.451 e. The van der Waals surface area contributed by atoms with E-state index in [0.717, 1.165) is 25.7 Å². The Morgan fingerprint density at radius 1 is 1.25 bits per heavy atom. The molecule has 1 saturated carbocycles. The molecule has 0 aliphatic heterocycles. The van der Waals surface area contributed by atoms with Gasteiger partial charge in [0.2, 0.25) is 0 Å². The maximum atomic E-state index is 12.4. The molecule has 0 N–H and O–H groups in total. The van der Waals surface area contributed by atoms with Crippen LogP contribution in [0.1, 0.15) is 36.2 Å². The Morgan fingerprint density at radius 2 is 1.95 bits per heavy atom. The first kappa shape index (κ1) is 12.9. The number of hydrogen-bond acceptors (Lipinski definition) is 3. The molecule has 1 amide bonds. The first-order valence-corrected chi connectivity index (χ1v) is 6.97. The van der Waals surface area contributed by atoms with E-state index in [4.69, 9.17) is 4.42 Å². The molecule has 3 rings (SSSR count). The Morgan fingerprint density at radius 3 is 2.70 bits per heavy atom. The lowest BCUT2D eigenvalue weighted by atomic mass is 10.2. The van der Waals surface area contributed by atoms with Gasteiger partial charge in [-0.05, 0) is 25.0 Å². The highest BCUT2D eigenvalue weighted by Crippen LogP contribution is 2.24. The van der Waals surface area contributed by atoms with Gasteiger partial charge in [0.15, 0.2) is 11.2 Å². The van der Waals surface area contributed by atoms with Crippen LogP contribution >= 0.6 is 0 Å². The van der Waals surface area contributed by atoms with E-state index in [0.29, 0.717) is 11.0 Å². The minimum Gasteiger partial charge on any atom is -0.451 e. The lowest BCUT2D eigenvalue weighted by Crippen LogP contribution is -2.35. The second-order valence-electron chi connectivity index (χ2n) is 5.33. The van der Waals surface area contributed by atoms with Crippen molar-refractivity contribution in [3.05, 3.63) is 46.3 Å². The van der Waals surface area contributed by atoms with Gasteiger partial charge in [-0.25, -0.2) is 0 Å². The summed E-state index contributed by atoms with van der Waals surface area (Å²) in [6.07, 6.45) is 4.37. The van der Waals surface area contributed by atoms with Gasteiger partial charge in [0.1, 0.15) is 5.58 Å². The van der Waals surface area contributed by atoms with Crippen molar-refractivity contribution >= 4 is 16.9 Å². The predicted octanol–water partition coefficient (Wildman–Crippen LogP) is 2.81. The smallest absolute Gasteiger partial charge is 0.289 e. The van der Waals surface area contributed by atoms with E-state index < -0.39 is 0 Å². The summed E-state index contributed by atoms with van der Waals surface area (Å²) in [6, 6.07) is 8.56. The Hall–Kier alpha value is -2.10. The van der Waals surface area contributed by atoms with E-state index in [2.05, 4.69) is 0 Å². The number of nitrogens with zero attached hydrogens (tertiary/aromatic N) is 1. The van der Waals surface area contributed by atoms with Crippen molar-refractivity contribution in [3.8, 4) is 0 Å².